The molecule has 4 aromatic rings. The fourth-order valence-corrected chi connectivity index (χ4v) is 3.90. The molecule has 1 aromatic carbocycles. The molecule has 0 saturated heterocycles. The van der Waals surface area contributed by atoms with Crippen LogP contribution in [0.1, 0.15) is 31.7 Å². The molecule has 0 bridgehead atoms. The SMILES string of the molecule is COCC(C)c1nc(-c2ncn3c2c(=O)n(C(C)COC)c2c(Cl)cccc23)no1. The minimum absolute atomic E-state index is 0.0804. The standard InChI is InChI=1S/C20H22ClN5O4/c1-11(8-28-3)19-23-18(24-30-19)15-17-20(27)26(12(2)9-29-4)16-13(21)6-5-7-14(16)25(17)10-22-15/h5-7,10-12H,8-9H2,1-4H3. The first-order chi connectivity index (χ1) is 14.5. The molecule has 0 aliphatic heterocycles. The molecule has 4 rings (SSSR count). The zero-order valence-corrected chi connectivity index (χ0v) is 17.9. The number of halogens is 1. The lowest BCUT2D eigenvalue weighted by Gasteiger charge is -2.19. The van der Waals surface area contributed by atoms with Crippen LogP contribution in [0, 0.1) is 0 Å². The van der Waals surface area contributed by atoms with E-state index in [0.29, 0.717) is 40.9 Å². The molecule has 3 heterocycles. The number of rotatable bonds is 7. The Labute approximate surface area is 177 Å². The van der Waals surface area contributed by atoms with Gasteiger partial charge in [-0.15, -0.1) is 0 Å². The Balaban J connectivity index is 1.99. The number of imidazole rings is 1. The van der Waals surface area contributed by atoms with Gasteiger partial charge in [0.05, 0.1) is 41.2 Å². The Hall–Kier alpha value is -2.75. The average molecular weight is 432 g/mol. The van der Waals surface area contributed by atoms with Crippen molar-refractivity contribution in [2.24, 2.45) is 0 Å². The first-order valence-corrected chi connectivity index (χ1v) is 9.87. The molecule has 0 N–H and O–H groups in total. The third-order valence-corrected chi connectivity index (χ3v) is 5.30. The van der Waals surface area contributed by atoms with Crippen molar-refractivity contribution >= 4 is 28.2 Å². The average Bonchev–Trinajstić information content (AvgIpc) is 3.37. The van der Waals surface area contributed by atoms with Crippen LogP contribution >= 0.6 is 11.6 Å². The van der Waals surface area contributed by atoms with Gasteiger partial charge in [0.15, 0.2) is 0 Å². The summed E-state index contributed by atoms with van der Waals surface area (Å²) < 4.78 is 19.2. The summed E-state index contributed by atoms with van der Waals surface area (Å²) in [6.07, 6.45) is 1.57. The van der Waals surface area contributed by atoms with Crippen LogP contribution < -0.4 is 5.56 Å². The fourth-order valence-electron chi connectivity index (χ4n) is 3.64. The zero-order valence-electron chi connectivity index (χ0n) is 17.1. The molecule has 10 heteroatoms. The molecule has 2 unspecified atom stereocenters. The number of benzene rings is 1. The molecule has 0 amide bonds. The van der Waals surface area contributed by atoms with Crippen LogP contribution in [0.2, 0.25) is 5.02 Å². The van der Waals surface area contributed by atoms with Gasteiger partial charge in [-0.05, 0) is 19.1 Å². The molecule has 0 fully saturated rings. The van der Waals surface area contributed by atoms with Crippen molar-refractivity contribution < 1.29 is 14.0 Å². The van der Waals surface area contributed by atoms with E-state index in [4.69, 9.17) is 25.6 Å². The van der Waals surface area contributed by atoms with Gasteiger partial charge in [0.25, 0.3) is 5.56 Å². The van der Waals surface area contributed by atoms with E-state index >= 15 is 0 Å². The van der Waals surface area contributed by atoms with Gasteiger partial charge in [-0.25, -0.2) is 4.98 Å². The quantitative estimate of drug-likeness (QED) is 0.442. The van der Waals surface area contributed by atoms with Crippen LogP contribution in [0.15, 0.2) is 33.8 Å². The Kier molecular flexibility index (Phi) is 5.59. The van der Waals surface area contributed by atoms with Gasteiger partial charge in [0, 0.05) is 14.2 Å². The second-order valence-corrected chi connectivity index (χ2v) is 7.62. The van der Waals surface area contributed by atoms with Gasteiger partial charge in [0.1, 0.15) is 17.5 Å². The van der Waals surface area contributed by atoms with Gasteiger partial charge in [-0.3, -0.25) is 13.8 Å². The van der Waals surface area contributed by atoms with Crippen LogP contribution in [0.3, 0.4) is 0 Å². The number of para-hydroxylation sites is 1. The Morgan fingerprint density at radius 3 is 2.67 bits per heavy atom. The fraction of sp³-hybridized carbons (Fsp3) is 0.400. The zero-order chi connectivity index (χ0) is 21.4. The minimum Gasteiger partial charge on any atom is -0.384 e. The normalized spacial score (nSPS) is 13.9. The van der Waals surface area contributed by atoms with Crippen molar-refractivity contribution in [1.29, 1.82) is 0 Å². The largest absolute Gasteiger partial charge is 0.384 e. The Bertz CT molecular complexity index is 1260. The molecule has 0 spiro atoms. The van der Waals surface area contributed by atoms with Crippen molar-refractivity contribution in [2.45, 2.75) is 25.8 Å². The van der Waals surface area contributed by atoms with Crippen LogP contribution in [-0.2, 0) is 9.47 Å². The molecule has 30 heavy (non-hydrogen) atoms. The van der Waals surface area contributed by atoms with Crippen molar-refractivity contribution in [3.63, 3.8) is 0 Å². The third-order valence-electron chi connectivity index (χ3n) is 5.00. The highest BCUT2D eigenvalue weighted by Crippen LogP contribution is 2.29. The van der Waals surface area contributed by atoms with E-state index < -0.39 is 0 Å². The summed E-state index contributed by atoms with van der Waals surface area (Å²) in [5, 5.41) is 4.52. The maximum absolute atomic E-state index is 13.6. The molecule has 9 nitrogen and oxygen atoms in total. The molecule has 0 radical (unpaired) electrons. The smallest absolute Gasteiger partial charge is 0.278 e. The monoisotopic (exact) mass is 431 g/mol. The maximum atomic E-state index is 13.6. The molecule has 0 saturated carbocycles. The van der Waals surface area contributed by atoms with E-state index in [9.17, 15) is 4.79 Å². The lowest BCUT2D eigenvalue weighted by atomic mass is 10.2. The number of hydrogen-bond donors (Lipinski definition) is 0. The predicted octanol–water partition coefficient (Wildman–Crippen LogP) is 3.31. The minimum atomic E-state index is -0.260. The topological polar surface area (TPSA) is 96.7 Å². The second kappa shape index (κ2) is 8.17. The van der Waals surface area contributed by atoms with Crippen molar-refractivity contribution in [3.05, 3.63) is 45.8 Å². The second-order valence-electron chi connectivity index (χ2n) is 7.21. The highest BCUT2D eigenvalue weighted by Gasteiger charge is 2.24. The highest BCUT2D eigenvalue weighted by atomic mass is 35.5. The van der Waals surface area contributed by atoms with E-state index in [2.05, 4.69) is 15.1 Å². The Morgan fingerprint density at radius 2 is 1.93 bits per heavy atom. The number of aromatic nitrogens is 5. The number of fused-ring (bicyclic) bond motifs is 3. The number of ether oxygens (including phenoxy) is 2. The summed E-state index contributed by atoms with van der Waals surface area (Å²) in [4.78, 5) is 22.5. The van der Waals surface area contributed by atoms with Crippen LogP contribution in [0.5, 0.6) is 0 Å². The summed E-state index contributed by atoms with van der Waals surface area (Å²) >= 11 is 6.48. The molecule has 2 atom stereocenters. The molecular weight excluding hydrogens is 410 g/mol. The van der Waals surface area contributed by atoms with E-state index in [1.54, 1.807) is 35.6 Å². The third kappa shape index (κ3) is 3.28. The lowest BCUT2D eigenvalue weighted by molar-refractivity contribution is 0.162. The summed E-state index contributed by atoms with van der Waals surface area (Å²) in [5.74, 6) is 0.591. The van der Waals surface area contributed by atoms with Crippen LogP contribution in [0.4, 0.5) is 0 Å². The van der Waals surface area contributed by atoms with Gasteiger partial charge in [0.2, 0.25) is 11.7 Å². The van der Waals surface area contributed by atoms with E-state index in [-0.39, 0.29) is 23.3 Å². The predicted molar refractivity (Wildman–Crippen MR) is 112 cm³/mol. The summed E-state index contributed by atoms with van der Waals surface area (Å²) in [7, 11) is 3.20. The molecular formula is C20H22ClN5O4. The summed E-state index contributed by atoms with van der Waals surface area (Å²) in [6, 6.07) is 5.22. The molecule has 0 aliphatic rings. The summed E-state index contributed by atoms with van der Waals surface area (Å²) in [5.41, 5.74) is 1.80. The van der Waals surface area contributed by atoms with Crippen molar-refractivity contribution in [1.82, 2.24) is 24.1 Å². The van der Waals surface area contributed by atoms with Crippen molar-refractivity contribution in [2.75, 3.05) is 27.4 Å². The van der Waals surface area contributed by atoms with Gasteiger partial charge < -0.3 is 14.0 Å². The number of hydrogen-bond acceptors (Lipinski definition) is 7. The van der Waals surface area contributed by atoms with Crippen LogP contribution in [-0.4, -0.2) is 51.5 Å². The first-order valence-electron chi connectivity index (χ1n) is 9.49. The van der Waals surface area contributed by atoms with Gasteiger partial charge in [-0.2, -0.15) is 4.98 Å². The summed E-state index contributed by atoms with van der Waals surface area (Å²) in [6.45, 7) is 4.61. The van der Waals surface area contributed by atoms with E-state index in [1.807, 2.05) is 26.0 Å². The van der Waals surface area contributed by atoms with E-state index in [1.165, 1.54) is 0 Å². The molecule has 3 aromatic heterocycles. The highest BCUT2D eigenvalue weighted by molar-refractivity contribution is 6.35. The first kappa shape index (κ1) is 20.5. The molecule has 0 aliphatic carbocycles. The van der Waals surface area contributed by atoms with Crippen LogP contribution in [0.25, 0.3) is 28.1 Å². The van der Waals surface area contributed by atoms with Crippen molar-refractivity contribution in [3.8, 4) is 11.5 Å². The number of methoxy groups -OCH3 is 2. The van der Waals surface area contributed by atoms with Gasteiger partial charge >= 0.3 is 0 Å². The number of nitrogens with zero attached hydrogens (tertiary/aromatic N) is 5. The van der Waals surface area contributed by atoms with Gasteiger partial charge in [-0.1, -0.05) is 29.7 Å². The van der Waals surface area contributed by atoms with E-state index in [0.717, 1.165) is 5.52 Å². The molecule has 158 valence electrons. The Morgan fingerprint density at radius 1 is 1.17 bits per heavy atom. The lowest BCUT2D eigenvalue weighted by Crippen LogP contribution is -2.28. The maximum Gasteiger partial charge on any atom is 0.278 e.